The van der Waals surface area contributed by atoms with Crippen molar-refractivity contribution >= 4 is 0 Å². The fraction of sp³-hybridized carbons (Fsp3) is 0.571. The second-order valence-corrected chi connectivity index (χ2v) is 4.86. The number of aliphatic hydroxyl groups excluding tert-OH is 2. The zero-order valence-electron chi connectivity index (χ0n) is 11.0. The molecule has 0 aliphatic heterocycles. The van der Waals surface area contributed by atoms with E-state index in [0.29, 0.717) is 30.3 Å². The average molecular weight is 253 g/mol. The lowest BCUT2D eigenvalue weighted by molar-refractivity contribution is 0.124. The van der Waals surface area contributed by atoms with Gasteiger partial charge in [-0.15, -0.1) is 0 Å². The van der Waals surface area contributed by atoms with E-state index in [-0.39, 0.29) is 6.61 Å². The van der Waals surface area contributed by atoms with Gasteiger partial charge in [-0.2, -0.15) is 0 Å². The average Bonchev–Trinajstić information content (AvgIpc) is 2.36. The summed E-state index contributed by atoms with van der Waals surface area (Å²) in [6, 6.07) is 6.85. The van der Waals surface area contributed by atoms with Crippen LogP contribution in [0, 0.1) is 5.92 Å². The number of aliphatic hydroxyl groups is 2. The van der Waals surface area contributed by atoms with Gasteiger partial charge in [-0.1, -0.05) is 32.0 Å². The number of nitrogens with two attached hydrogens (primary N) is 1. The largest absolute Gasteiger partial charge is 0.493 e. The van der Waals surface area contributed by atoms with Crippen LogP contribution in [0.3, 0.4) is 0 Å². The first-order valence-corrected chi connectivity index (χ1v) is 6.32. The first-order chi connectivity index (χ1) is 8.56. The van der Waals surface area contributed by atoms with Crippen LogP contribution in [0.25, 0.3) is 0 Å². The standard InChI is InChI=1S/C14H23NO3/c1-10(2)9-18-13-6-4-3-5-11(13)14(17)12(15)7-8-16/h3-6,10,12,14,16-17H,7-9,15H2,1-2H3. The minimum absolute atomic E-state index is 0.0345. The molecule has 0 spiro atoms. The van der Waals surface area contributed by atoms with Gasteiger partial charge in [0.05, 0.1) is 12.7 Å². The molecule has 0 amide bonds. The third kappa shape index (κ3) is 4.29. The van der Waals surface area contributed by atoms with Crippen molar-refractivity contribution in [3.8, 4) is 5.75 Å². The van der Waals surface area contributed by atoms with Gasteiger partial charge in [-0.3, -0.25) is 0 Å². The summed E-state index contributed by atoms with van der Waals surface area (Å²) in [5, 5.41) is 19.0. The summed E-state index contributed by atoms with van der Waals surface area (Å²) in [7, 11) is 0. The van der Waals surface area contributed by atoms with E-state index in [1.807, 2.05) is 18.2 Å². The zero-order chi connectivity index (χ0) is 13.5. The van der Waals surface area contributed by atoms with Crippen LogP contribution in [0.4, 0.5) is 0 Å². The van der Waals surface area contributed by atoms with E-state index in [9.17, 15) is 5.11 Å². The molecule has 0 saturated carbocycles. The van der Waals surface area contributed by atoms with Crippen molar-refractivity contribution in [2.75, 3.05) is 13.2 Å². The quantitative estimate of drug-likeness (QED) is 0.687. The van der Waals surface area contributed by atoms with Crippen molar-refractivity contribution in [1.82, 2.24) is 0 Å². The molecule has 4 heteroatoms. The maximum absolute atomic E-state index is 10.2. The van der Waals surface area contributed by atoms with Gasteiger partial charge in [-0.25, -0.2) is 0 Å². The highest BCUT2D eigenvalue weighted by molar-refractivity contribution is 5.35. The molecule has 4 N–H and O–H groups in total. The predicted octanol–water partition coefficient (Wildman–Crippen LogP) is 1.46. The molecule has 4 nitrogen and oxygen atoms in total. The lowest BCUT2D eigenvalue weighted by atomic mass is 10.00. The fourth-order valence-electron chi connectivity index (χ4n) is 1.65. The summed E-state index contributed by atoms with van der Waals surface area (Å²) in [6.07, 6.45) is -0.458. The van der Waals surface area contributed by atoms with Crippen LogP contribution < -0.4 is 10.5 Å². The van der Waals surface area contributed by atoms with Crippen molar-refractivity contribution in [2.24, 2.45) is 11.7 Å². The molecular weight excluding hydrogens is 230 g/mol. The number of hydrogen-bond donors (Lipinski definition) is 3. The molecule has 0 radical (unpaired) electrons. The number of benzene rings is 1. The van der Waals surface area contributed by atoms with Crippen molar-refractivity contribution < 1.29 is 14.9 Å². The summed E-state index contributed by atoms with van der Waals surface area (Å²) in [5.74, 6) is 1.08. The second kappa shape index (κ2) is 7.36. The first kappa shape index (κ1) is 15.0. The van der Waals surface area contributed by atoms with Crippen LogP contribution in [0.15, 0.2) is 24.3 Å². The summed E-state index contributed by atoms with van der Waals surface area (Å²) in [6.45, 7) is 4.69. The Morgan fingerprint density at radius 3 is 2.56 bits per heavy atom. The maximum atomic E-state index is 10.2. The van der Waals surface area contributed by atoms with Gasteiger partial charge in [0.15, 0.2) is 0 Å². The van der Waals surface area contributed by atoms with E-state index >= 15 is 0 Å². The molecule has 0 bridgehead atoms. The Balaban J connectivity index is 2.80. The smallest absolute Gasteiger partial charge is 0.125 e. The Kier molecular flexibility index (Phi) is 6.12. The number of hydrogen-bond acceptors (Lipinski definition) is 4. The van der Waals surface area contributed by atoms with E-state index in [1.54, 1.807) is 6.07 Å². The molecular formula is C14H23NO3. The van der Waals surface area contributed by atoms with Gasteiger partial charge in [0.2, 0.25) is 0 Å². The fourth-order valence-corrected chi connectivity index (χ4v) is 1.65. The Labute approximate surface area is 108 Å². The highest BCUT2D eigenvalue weighted by Gasteiger charge is 2.20. The zero-order valence-corrected chi connectivity index (χ0v) is 11.0. The van der Waals surface area contributed by atoms with Crippen LogP contribution >= 0.6 is 0 Å². The van der Waals surface area contributed by atoms with Crippen LogP contribution in [-0.4, -0.2) is 29.5 Å². The van der Waals surface area contributed by atoms with Gasteiger partial charge in [0, 0.05) is 18.2 Å². The minimum atomic E-state index is -0.819. The van der Waals surface area contributed by atoms with Crippen molar-refractivity contribution in [1.29, 1.82) is 0 Å². The molecule has 2 unspecified atom stereocenters. The van der Waals surface area contributed by atoms with E-state index in [0.717, 1.165) is 0 Å². The number of ether oxygens (including phenoxy) is 1. The first-order valence-electron chi connectivity index (χ1n) is 6.32. The molecule has 1 rings (SSSR count). The third-order valence-corrected chi connectivity index (χ3v) is 2.68. The molecule has 0 aliphatic rings. The van der Waals surface area contributed by atoms with Crippen LogP contribution in [0.5, 0.6) is 5.75 Å². The lowest BCUT2D eigenvalue weighted by Gasteiger charge is -2.21. The highest BCUT2D eigenvalue weighted by atomic mass is 16.5. The highest BCUT2D eigenvalue weighted by Crippen LogP contribution is 2.27. The van der Waals surface area contributed by atoms with Crippen LogP contribution in [-0.2, 0) is 0 Å². The number of rotatable bonds is 7. The van der Waals surface area contributed by atoms with Gasteiger partial charge in [-0.05, 0) is 18.4 Å². The second-order valence-electron chi connectivity index (χ2n) is 4.86. The summed E-state index contributed by atoms with van der Waals surface area (Å²) >= 11 is 0. The minimum Gasteiger partial charge on any atom is -0.493 e. The third-order valence-electron chi connectivity index (χ3n) is 2.68. The van der Waals surface area contributed by atoms with Gasteiger partial charge < -0.3 is 20.7 Å². The Hall–Kier alpha value is -1.10. The topological polar surface area (TPSA) is 75.7 Å². The molecule has 1 aromatic rings. The molecule has 102 valence electrons. The van der Waals surface area contributed by atoms with Gasteiger partial charge >= 0.3 is 0 Å². The normalized spacial score (nSPS) is 14.6. The Morgan fingerprint density at radius 1 is 1.28 bits per heavy atom. The monoisotopic (exact) mass is 253 g/mol. The Bertz CT molecular complexity index is 355. The van der Waals surface area contributed by atoms with E-state index in [4.69, 9.17) is 15.6 Å². The SMILES string of the molecule is CC(C)COc1ccccc1C(O)C(N)CCO. The predicted molar refractivity (Wildman–Crippen MR) is 71.4 cm³/mol. The molecule has 0 saturated heterocycles. The van der Waals surface area contributed by atoms with Crippen LogP contribution in [0.1, 0.15) is 31.9 Å². The lowest BCUT2D eigenvalue weighted by Crippen LogP contribution is -2.29. The molecule has 0 heterocycles. The summed E-state index contributed by atoms with van der Waals surface area (Å²) in [4.78, 5) is 0. The van der Waals surface area contributed by atoms with Crippen molar-refractivity contribution in [3.63, 3.8) is 0 Å². The van der Waals surface area contributed by atoms with E-state index in [2.05, 4.69) is 13.8 Å². The van der Waals surface area contributed by atoms with Gasteiger partial charge in [0.1, 0.15) is 5.75 Å². The maximum Gasteiger partial charge on any atom is 0.125 e. The van der Waals surface area contributed by atoms with E-state index in [1.165, 1.54) is 0 Å². The molecule has 2 atom stereocenters. The summed E-state index contributed by atoms with van der Waals surface area (Å²) in [5.41, 5.74) is 6.50. The summed E-state index contributed by atoms with van der Waals surface area (Å²) < 4.78 is 5.67. The molecule has 1 aromatic carbocycles. The molecule has 18 heavy (non-hydrogen) atoms. The number of para-hydroxylation sites is 1. The van der Waals surface area contributed by atoms with Crippen LogP contribution in [0.2, 0.25) is 0 Å². The van der Waals surface area contributed by atoms with Crippen molar-refractivity contribution in [2.45, 2.75) is 32.4 Å². The molecule has 0 aliphatic carbocycles. The van der Waals surface area contributed by atoms with Crippen molar-refractivity contribution in [3.05, 3.63) is 29.8 Å². The molecule has 0 fully saturated rings. The Morgan fingerprint density at radius 2 is 1.94 bits per heavy atom. The molecule has 0 aromatic heterocycles. The van der Waals surface area contributed by atoms with Gasteiger partial charge in [0.25, 0.3) is 0 Å². The van der Waals surface area contributed by atoms with E-state index < -0.39 is 12.1 Å².